The van der Waals surface area contributed by atoms with Gasteiger partial charge in [0.2, 0.25) is 0 Å². The molecule has 0 bridgehead atoms. The number of carbonyl (C=O) groups excluding carboxylic acids is 3. The molecular formula is C34H51NO4. The second-order valence-corrected chi connectivity index (χ2v) is 15.9. The van der Waals surface area contributed by atoms with Crippen molar-refractivity contribution in [1.29, 1.82) is 5.26 Å². The van der Waals surface area contributed by atoms with Gasteiger partial charge in [0.05, 0.1) is 18.1 Å². The first-order valence-corrected chi connectivity index (χ1v) is 15.1. The van der Waals surface area contributed by atoms with E-state index in [1.54, 1.807) is 6.92 Å². The number of rotatable bonds is 4. The van der Waals surface area contributed by atoms with Gasteiger partial charge >= 0.3 is 5.97 Å². The molecule has 0 aliphatic heterocycles. The molecule has 0 spiro atoms. The smallest absolute Gasteiger partial charge is 0.312 e. The molecule has 216 valence electrons. The maximum Gasteiger partial charge on any atom is 0.312 e. The highest BCUT2D eigenvalue weighted by atomic mass is 16.5. The Kier molecular flexibility index (Phi) is 7.14. The van der Waals surface area contributed by atoms with E-state index in [4.69, 9.17) is 4.74 Å². The Morgan fingerprint density at radius 2 is 1.62 bits per heavy atom. The van der Waals surface area contributed by atoms with Crippen molar-refractivity contribution in [1.82, 2.24) is 0 Å². The molecule has 4 aliphatic rings. The quantitative estimate of drug-likeness (QED) is 0.347. The van der Waals surface area contributed by atoms with E-state index in [0.29, 0.717) is 6.42 Å². The molecule has 39 heavy (non-hydrogen) atoms. The average molecular weight is 538 g/mol. The Morgan fingerprint density at radius 3 is 2.18 bits per heavy atom. The zero-order chi connectivity index (χ0) is 29.4. The maximum absolute atomic E-state index is 13.4. The van der Waals surface area contributed by atoms with Crippen LogP contribution in [0.3, 0.4) is 0 Å². The van der Waals surface area contributed by atoms with Crippen molar-refractivity contribution in [2.45, 2.75) is 114 Å². The molecule has 2 unspecified atom stereocenters. The molecule has 0 aromatic heterocycles. The fourth-order valence-corrected chi connectivity index (χ4v) is 10.7. The fourth-order valence-electron chi connectivity index (χ4n) is 10.7. The minimum Gasteiger partial charge on any atom is -0.469 e. The fraction of sp³-hybridized carbons (Fsp3) is 0.824. The Labute approximate surface area is 236 Å². The molecule has 5 heteroatoms. The summed E-state index contributed by atoms with van der Waals surface area (Å²) in [4.78, 5) is 39.7. The van der Waals surface area contributed by atoms with Gasteiger partial charge in [-0.2, -0.15) is 5.26 Å². The van der Waals surface area contributed by atoms with Gasteiger partial charge in [-0.25, -0.2) is 0 Å². The second-order valence-electron chi connectivity index (χ2n) is 15.9. The van der Waals surface area contributed by atoms with E-state index >= 15 is 0 Å². The second kappa shape index (κ2) is 9.28. The molecule has 4 aliphatic carbocycles. The highest BCUT2D eigenvalue weighted by Crippen LogP contribution is 2.73. The molecule has 0 amide bonds. The predicted octanol–water partition coefficient (Wildman–Crippen LogP) is 7.49. The first-order valence-electron chi connectivity index (χ1n) is 15.1. The third-order valence-corrected chi connectivity index (χ3v) is 13.3. The van der Waals surface area contributed by atoms with Crippen LogP contribution in [0, 0.1) is 67.5 Å². The number of methoxy groups -OCH3 is 1. The van der Waals surface area contributed by atoms with Gasteiger partial charge in [-0.15, -0.1) is 0 Å². The Balaban J connectivity index is 1.87. The molecule has 0 N–H and O–H groups in total. The molecule has 0 aromatic rings. The number of carbonyl (C=O) groups is 3. The van der Waals surface area contributed by atoms with Crippen molar-refractivity contribution in [2.75, 3.05) is 7.11 Å². The molecule has 3 fully saturated rings. The van der Waals surface area contributed by atoms with E-state index in [-0.39, 0.29) is 63.0 Å². The lowest BCUT2D eigenvalue weighted by molar-refractivity contribution is -0.209. The summed E-state index contributed by atoms with van der Waals surface area (Å²) in [6.07, 6.45) is 8.81. The summed E-state index contributed by atoms with van der Waals surface area (Å²) < 4.78 is 5.47. The van der Waals surface area contributed by atoms with Crippen LogP contribution in [0.15, 0.2) is 11.6 Å². The molecule has 0 heterocycles. The van der Waals surface area contributed by atoms with Gasteiger partial charge < -0.3 is 9.53 Å². The number of nitriles is 1. The monoisotopic (exact) mass is 537 g/mol. The van der Waals surface area contributed by atoms with Crippen LogP contribution >= 0.6 is 0 Å². The highest BCUT2D eigenvalue weighted by Gasteiger charge is 2.68. The maximum atomic E-state index is 13.4. The summed E-state index contributed by atoms with van der Waals surface area (Å²) >= 11 is 0. The van der Waals surface area contributed by atoms with Crippen LogP contribution < -0.4 is 0 Å². The summed E-state index contributed by atoms with van der Waals surface area (Å²) in [5.41, 5.74) is -1.47. The molecule has 0 saturated heterocycles. The molecule has 8 atom stereocenters. The molecule has 3 saturated carbocycles. The van der Waals surface area contributed by atoms with E-state index in [1.165, 1.54) is 7.11 Å². The molecular weight excluding hydrogens is 486 g/mol. The minimum absolute atomic E-state index is 0.00773. The number of esters is 1. The van der Waals surface area contributed by atoms with Crippen molar-refractivity contribution >= 4 is 17.5 Å². The van der Waals surface area contributed by atoms with Crippen molar-refractivity contribution in [3.8, 4) is 6.07 Å². The summed E-state index contributed by atoms with van der Waals surface area (Å²) in [5.74, 6) is 0.562. The lowest BCUT2D eigenvalue weighted by Crippen LogP contribution is -2.64. The molecule has 4 rings (SSSR count). The van der Waals surface area contributed by atoms with E-state index in [1.807, 2.05) is 19.9 Å². The SMILES string of the molecule is COC(=O)[C@]12CCC(C)(C)CC1C(C)[C@](C)([C@]1(C)CC[C@H]3C(C)(C)C(=O)C(C#N)=C[C@]3(C)[C@H]1CC(C)=O)CC2. The highest BCUT2D eigenvalue weighted by molar-refractivity contribution is 6.04. The van der Waals surface area contributed by atoms with Gasteiger partial charge in [0.1, 0.15) is 11.9 Å². The summed E-state index contributed by atoms with van der Waals surface area (Å²) in [6, 6.07) is 2.21. The van der Waals surface area contributed by atoms with Gasteiger partial charge in [0.25, 0.3) is 0 Å². The van der Waals surface area contributed by atoms with Crippen LogP contribution in [0.25, 0.3) is 0 Å². The minimum atomic E-state index is -0.655. The van der Waals surface area contributed by atoms with Crippen LogP contribution in [0.2, 0.25) is 0 Å². The van der Waals surface area contributed by atoms with Crippen molar-refractivity contribution in [3.05, 3.63) is 11.6 Å². The molecule has 0 radical (unpaired) electrons. The van der Waals surface area contributed by atoms with Gasteiger partial charge in [-0.3, -0.25) is 9.59 Å². The Morgan fingerprint density at radius 1 is 1.00 bits per heavy atom. The number of fused-ring (bicyclic) bond motifs is 2. The third-order valence-electron chi connectivity index (χ3n) is 13.3. The third kappa shape index (κ3) is 4.09. The van der Waals surface area contributed by atoms with Crippen LogP contribution in [0.1, 0.15) is 114 Å². The van der Waals surface area contributed by atoms with Crippen LogP contribution in [0.4, 0.5) is 0 Å². The first-order chi connectivity index (χ1) is 17.9. The van der Waals surface area contributed by atoms with E-state index in [0.717, 1.165) is 44.9 Å². The number of allylic oxidation sites excluding steroid dienone is 2. The Hall–Kier alpha value is -1.96. The van der Waals surface area contributed by atoms with Gasteiger partial charge in [-0.05, 0) is 97.2 Å². The first kappa shape index (κ1) is 30.0. The molecule has 5 nitrogen and oxygen atoms in total. The van der Waals surface area contributed by atoms with Crippen molar-refractivity contribution < 1.29 is 19.1 Å². The average Bonchev–Trinajstić information content (AvgIpc) is 2.85. The summed E-state index contributed by atoms with van der Waals surface area (Å²) in [7, 11) is 1.53. The Bertz CT molecular complexity index is 1140. The van der Waals surface area contributed by atoms with Gasteiger partial charge in [0, 0.05) is 11.8 Å². The zero-order valence-electron chi connectivity index (χ0n) is 26.1. The molecule has 0 aromatic carbocycles. The van der Waals surface area contributed by atoms with Crippen LogP contribution in [-0.2, 0) is 19.1 Å². The topological polar surface area (TPSA) is 84.2 Å². The van der Waals surface area contributed by atoms with Crippen molar-refractivity contribution in [2.24, 2.45) is 56.2 Å². The van der Waals surface area contributed by atoms with Crippen LogP contribution in [0.5, 0.6) is 0 Å². The number of Topliss-reactive ketones (excluding diaryl/α,β-unsaturated/α-hetero) is 2. The summed E-state index contributed by atoms with van der Waals surface area (Å²) in [6.45, 7) is 19.7. The number of nitrogens with zero attached hydrogens (tertiary/aromatic N) is 1. The lowest BCUT2D eigenvalue weighted by atomic mass is 9.34. The number of hydrogen-bond donors (Lipinski definition) is 0. The number of hydrogen-bond acceptors (Lipinski definition) is 5. The van der Waals surface area contributed by atoms with E-state index in [9.17, 15) is 19.6 Å². The van der Waals surface area contributed by atoms with Gasteiger partial charge in [-0.1, -0.05) is 61.5 Å². The van der Waals surface area contributed by atoms with E-state index in [2.05, 4.69) is 47.6 Å². The lowest BCUT2D eigenvalue weighted by Gasteiger charge is -2.69. The van der Waals surface area contributed by atoms with Crippen LogP contribution in [-0.4, -0.2) is 24.6 Å². The summed E-state index contributed by atoms with van der Waals surface area (Å²) in [5, 5.41) is 9.97. The normalized spacial score (nSPS) is 44.7. The van der Waals surface area contributed by atoms with Crippen molar-refractivity contribution in [3.63, 3.8) is 0 Å². The predicted molar refractivity (Wildman–Crippen MR) is 152 cm³/mol. The standard InChI is InChI=1S/C34H51NO4/c1-21(36)17-26-31(7)18-23(20-35)27(37)30(5,6)25(31)11-12-33(26,9)32(8)14-16-34(28(38)39-10)15-13-29(3,4)19-24(34)22(32)2/h18,22,24-26H,11-17,19H2,1-10H3/t22?,24?,25-,26+,31-,32+,33+,34-/m0/s1. The largest absolute Gasteiger partial charge is 0.469 e. The van der Waals surface area contributed by atoms with E-state index < -0.39 is 16.2 Å². The van der Waals surface area contributed by atoms with Gasteiger partial charge in [0.15, 0.2) is 5.78 Å². The number of ketones is 2. The zero-order valence-corrected chi connectivity index (χ0v) is 26.1. The number of ether oxygens (including phenoxy) is 1.